The molecule has 0 unspecified atom stereocenters. The number of methoxy groups -OCH3 is 1. The molecule has 4 rings (SSSR count). The summed E-state index contributed by atoms with van der Waals surface area (Å²) in [6.45, 7) is 6.31. The average Bonchev–Trinajstić information content (AvgIpc) is 3.26. The standard InChI is InChI=1S/C20H19N3O3S/c1-11-7-13(3)18-15(8-11)12(2)9-17-21-22-20(23(17)18)27-10-14-5-6-16(26-14)19(24)25-4/h5-9H,10H2,1-4H3. The van der Waals surface area contributed by atoms with E-state index in [4.69, 9.17) is 4.42 Å². The van der Waals surface area contributed by atoms with Crippen molar-refractivity contribution in [2.45, 2.75) is 31.7 Å². The molecule has 7 heteroatoms. The van der Waals surface area contributed by atoms with Gasteiger partial charge in [-0.15, -0.1) is 10.2 Å². The second-order valence-electron chi connectivity index (χ2n) is 6.53. The fourth-order valence-corrected chi connectivity index (χ4v) is 4.15. The van der Waals surface area contributed by atoms with Crippen molar-refractivity contribution < 1.29 is 13.9 Å². The third kappa shape index (κ3) is 3.08. The summed E-state index contributed by atoms with van der Waals surface area (Å²) in [7, 11) is 1.33. The average molecular weight is 381 g/mol. The van der Waals surface area contributed by atoms with E-state index >= 15 is 0 Å². The molecular formula is C20H19N3O3S. The summed E-state index contributed by atoms with van der Waals surface area (Å²) in [6, 6.07) is 9.82. The molecule has 0 aliphatic rings. The van der Waals surface area contributed by atoms with Crippen LogP contribution in [0.25, 0.3) is 16.6 Å². The van der Waals surface area contributed by atoms with Gasteiger partial charge in [0.1, 0.15) is 5.76 Å². The maximum Gasteiger partial charge on any atom is 0.373 e. The van der Waals surface area contributed by atoms with Crippen LogP contribution in [0.1, 0.15) is 33.0 Å². The van der Waals surface area contributed by atoms with Gasteiger partial charge in [-0.2, -0.15) is 0 Å². The highest BCUT2D eigenvalue weighted by Crippen LogP contribution is 2.30. The van der Waals surface area contributed by atoms with Crippen LogP contribution in [0.3, 0.4) is 0 Å². The summed E-state index contributed by atoms with van der Waals surface area (Å²) in [4.78, 5) is 11.5. The minimum atomic E-state index is -0.480. The molecule has 0 fully saturated rings. The van der Waals surface area contributed by atoms with Crippen LogP contribution in [0, 0.1) is 20.8 Å². The summed E-state index contributed by atoms with van der Waals surface area (Å²) in [5.74, 6) is 0.942. The molecule has 0 N–H and O–H groups in total. The van der Waals surface area contributed by atoms with Crippen LogP contribution in [0.15, 0.2) is 39.9 Å². The third-order valence-electron chi connectivity index (χ3n) is 4.49. The number of carbonyl (C=O) groups excluding carboxylic acids is 1. The monoisotopic (exact) mass is 381 g/mol. The molecule has 0 radical (unpaired) electrons. The second kappa shape index (κ2) is 6.74. The number of rotatable bonds is 4. The molecule has 6 nitrogen and oxygen atoms in total. The van der Waals surface area contributed by atoms with Gasteiger partial charge in [0.05, 0.1) is 18.4 Å². The Kier molecular flexibility index (Phi) is 4.39. The number of benzene rings is 1. The molecular weight excluding hydrogens is 362 g/mol. The van der Waals surface area contributed by atoms with E-state index in [-0.39, 0.29) is 5.76 Å². The van der Waals surface area contributed by atoms with E-state index in [0.29, 0.717) is 11.5 Å². The SMILES string of the molecule is COC(=O)c1ccc(CSc2nnc3cc(C)c4cc(C)cc(C)c4n23)o1. The molecule has 1 aromatic carbocycles. The van der Waals surface area contributed by atoms with Gasteiger partial charge in [0.2, 0.25) is 5.76 Å². The smallest absolute Gasteiger partial charge is 0.373 e. The fraction of sp³-hybridized carbons (Fsp3) is 0.250. The molecule has 0 amide bonds. The summed E-state index contributed by atoms with van der Waals surface area (Å²) < 4.78 is 12.3. The molecule has 0 spiro atoms. The number of pyridine rings is 1. The summed E-state index contributed by atoms with van der Waals surface area (Å²) >= 11 is 1.52. The largest absolute Gasteiger partial charge is 0.463 e. The number of thioether (sulfide) groups is 1. The lowest BCUT2D eigenvalue weighted by Gasteiger charge is -2.11. The zero-order chi connectivity index (χ0) is 19.1. The number of aromatic nitrogens is 3. The number of hydrogen-bond donors (Lipinski definition) is 0. The Hall–Kier alpha value is -2.80. The summed E-state index contributed by atoms with van der Waals surface area (Å²) in [6.07, 6.45) is 0. The van der Waals surface area contributed by atoms with Crippen molar-refractivity contribution in [2.24, 2.45) is 0 Å². The summed E-state index contributed by atoms with van der Waals surface area (Å²) in [5.41, 5.74) is 5.55. The number of ether oxygens (including phenoxy) is 1. The number of nitrogens with zero attached hydrogens (tertiary/aromatic N) is 3. The normalized spacial score (nSPS) is 11.4. The molecule has 4 aromatic rings. The Morgan fingerprint density at radius 3 is 2.74 bits per heavy atom. The van der Waals surface area contributed by atoms with E-state index in [2.05, 4.69) is 58.3 Å². The molecule has 0 aliphatic carbocycles. The minimum absolute atomic E-state index is 0.201. The Morgan fingerprint density at radius 1 is 1.15 bits per heavy atom. The lowest BCUT2D eigenvalue weighted by molar-refractivity contribution is 0.0563. The third-order valence-corrected chi connectivity index (χ3v) is 5.44. The zero-order valence-electron chi connectivity index (χ0n) is 15.6. The van der Waals surface area contributed by atoms with Crippen molar-refractivity contribution in [3.8, 4) is 0 Å². The van der Waals surface area contributed by atoms with Crippen molar-refractivity contribution in [1.29, 1.82) is 0 Å². The van der Waals surface area contributed by atoms with Gasteiger partial charge in [-0.1, -0.05) is 23.4 Å². The van der Waals surface area contributed by atoms with E-state index in [0.717, 1.165) is 16.3 Å². The van der Waals surface area contributed by atoms with Crippen LogP contribution in [-0.2, 0) is 10.5 Å². The number of carbonyl (C=O) groups is 1. The topological polar surface area (TPSA) is 69.6 Å². The molecule has 0 bridgehead atoms. The molecule has 27 heavy (non-hydrogen) atoms. The van der Waals surface area contributed by atoms with Crippen LogP contribution in [-0.4, -0.2) is 27.7 Å². The van der Waals surface area contributed by atoms with E-state index in [9.17, 15) is 4.79 Å². The lowest BCUT2D eigenvalue weighted by atomic mass is 10.0. The maximum atomic E-state index is 11.5. The van der Waals surface area contributed by atoms with E-state index in [1.54, 1.807) is 12.1 Å². The van der Waals surface area contributed by atoms with Gasteiger partial charge >= 0.3 is 5.97 Å². The molecule has 0 saturated carbocycles. The minimum Gasteiger partial charge on any atom is -0.463 e. The van der Waals surface area contributed by atoms with Crippen LogP contribution < -0.4 is 0 Å². The number of esters is 1. The van der Waals surface area contributed by atoms with Gasteiger partial charge in [-0.25, -0.2) is 4.79 Å². The van der Waals surface area contributed by atoms with Gasteiger partial charge in [-0.3, -0.25) is 4.40 Å². The van der Waals surface area contributed by atoms with Gasteiger partial charge < -0.3 is 9.15 Å². The van der Waals surface area contributed by atoms with Gasteiger partial charge in [-0.05, 0) is 56.2 Å². The van der Waals surface area contributed by atoms with Crippen LogP contribution in [0.5, 0.6) is 0 Å². The number of aryl methyl sites for hydroxylation is 3. The van der Waals surface area contributed by atoms with E-state index in [1.807, 2.05) is 0 Å². The van der Waals surface area contributed by atoms with Gasteiger partial charge in [0.15, 0.2) is 10.8 Å². The van der Waals surface area contributed by atoms with Crippen molar-refractivity contribution >= 4 is 34.3 Å². The van der Waals surface area contributed by atoms with E-state index in [1.165, 1.54) is 40.9 Å². The highest BCUT2D eigenvalue weighted by molar-refractivity contribution is 7.98. The summed E-state index contributed by atoms with van der Waals surface area (Å²) in [5, 5.41) is 10.7. The predicted octanol–water partition coefficient (Wildman–Crippen LogP) is 4.48. The van der Waals surface area contributed by atoms with E-state index < -0.39 is 5.97 Å². The van der Waals surface area contributed by atoms with Crippen molar-refractivity contribution in [2.75, 3.05) is 7.11 Å². The fourth-order valence-electron chi connectivity index (χ4n) is 3.31. The van der Waals surface area contributed by atoms with Crippen LogP contribution in [0.4, 0.5) is 0 Å². The lowest BCUT2D eigenvalue weighted by Crippen LogP contribution is -1.98. The van der Waals surface area contributed by atoms with Crippen LogP contribution in [0.2, 0.25) is 0 Å². The Morgan fingerprint density at radius 2 is 1.96 bits per heavy atom. The highest BCUT2D eigenvalue weighted by atomic mass is 32.2. The molecule has 3 aromatic heterocycles. The first-order valence-electron chi connectivity index (χ1n) is 8.53. The molecule has 0 aliphatic heterocycles. The first-order chi connectivity index (χ1) is 13.0. The number of fused-ring (bicyclic) bond motifs is 3. The molecule has 3 heterocycles. The predicted molar refractivity (Wildman–Crippen MR) is 104 cm³/mol. The molecule has 0 saturated heterocycles. The van der Waals surface area contributed by atoms with Crippen molar-refractivity contribution in [3.05, 3.63) is 58.5 Å². The first-order valence-corrected chi connectivity index (χ1v) is 9.52. The maximum absolute atomic E-state index is 11.5. The Bertz CT molecular complexity index is 1180. The van der Waals surface area contributed by atoms with Crippen LogP contribution >= 0.6 is 11.8 Å². The first kappa shape index (κ1) is 17.6. The Labute approximate surface area is 160 Å². The Balaban J connectivity index is 1.73. The van der Waals surface area contributed by atoms with Crippen molar-refractivity contribution in [1.82, 2.24) is 14.6 Å². The highest BCUT2D eigenvalue weighted by Gasteiger charge is 2.16. The van der Waals surface area contributed by atoms with Gasteiger partial charge in [0.25, 0.3) is 0 Å². The molecule has 138 valence electrons. The quantitative estimate of drug-likeness (QED) is 0.383. The molecule has 0 atom stereocenters. The van der Waals surface area contributed by atoms with Crippen molar-refractivity contribution in [3.63, 3.8) is 0 Å². The zero-order valence-corrected chi connectivity index (χ0v) is 16.4. The second-order valence-corrected chi connectivity index (χ2v) is 7.47. The number of hydrogen-bond acceptors (Lipinski definition) is 6. The van der Waals surface area contributed by atoms with Gasteiger partial charge in [0, 0.05) is 5.39 Å². The number of furan rings is 1.